The highest BCUT2D eigenvalue weighted by Crippen LogP contribution is 2.27. The number of anilines is 1. The fourth-order valence-electron chi connectivity index (χ4n) is 4.01. The number of benzene rings is 1. The third-order valence-corrected chi connectivity index (χ3v) is 7.99. The van der Waals surface area contributed by atoms with Gasteiger partial charge in [0.2, 0.25) is 10.0 Å². The van der Waals surface area contributed by atoms with Crippen molar-refractivity contribution >= 4 is 21.6 Å². The van der Waals surface area contributed by atoms with E-state index in [0.717, 1.165) is 12.2 Å². The quantitative estimate of drug-likeness (QED) is 0.609. The molecule has 2 aliphatic heterocycles. The van der Waals surface area contributed by atoms with Crippen LogP contribution in [0.25, 0.3) is 0 Å². The first-order chi connectivity index (χ1) is 15.0. The van der Waals surface area contributed by atoms with Crippen LogP contribution in [-0.2, 0) is 19.5 Å². The normalized spacial score (nSPS) is 20.8. The molecule has 1 amide bonds. The number of hydrogen-bond donors (Lipinski definition) is 1. The Labute approximate surface area is 184 Å². The molecule has 0 bridgehead atoms. The van der Waals surface area contributed by atoms with Crippen molar-refractivity contribution < 1.29 is 22.7 Å². The number of likely N-dealkylation sites (N-methyl/N-ethyl adjacent to an activating group) is 1. The Morgan fingerprint density at radius 3 is 2.39 bits per heavy atom. The maximum Gasteiger partial charge on any atom is 0.253 e. The van der Waals surface area contributed by atoms with Crippen LogP contribution < -0.4 is 10.2 Å². The Morgan fingerprint density at radius 1 is 1.10 bits per heavy atom. The summed E-state index contributed by atoms with van der Waals surface area (Å²) in [6.45, 7) is 5.21. The Kier molecular flexibility index (Phi) is 7.12. The van der Waals surface area contributed by atoms with E-state index in [1.165, 1.54) is 23.2 Å². The van der Waals surface area contributed by atoms with Crippen LogP contribution in [0.4, 0.5) is 5.69 Å². The summed E-state index contributed by atoms with van der Waals surface area (Å²) in [5.74, 6) is -0.246. The van der Waals surface area contributed by atoms with Crippen LogP contribution in [0.1, 0.15) is 23.2 Å². The fourth-order valence-corrected chi connectivity index (χ4v) is 5.45. The van der Waals surface area contributed by atoms with E-state index in [0.29, 0.717) is 70.8 Å². The van der Waals surface area contributed by atoms with Crippen LogP contribution in [-0.4, -0.2) is 102 Å². The van der Waals surface area contributed by atoms with Crippen molar-refractivity contribution in [3.63, 3.8) is 0 Å². The number of nitrogens with zero attached hydrogens (tertiary/aromatic N) is 3. The third kappa shape index (κ3) is 5.38. The predicted molar refractivity (Wildman–Crippen MR) is 117 cm³/mol. The Morgan fingerprint density at radius 2 is 1.74 bits per heavy atom. The molecule has 0 spiro atoms. The molecule has 3 aliphatic rings. The molecule has 0 radical (unpaired) electrons. The fraction of sp³-hybridized carbons (Fsp3) is 0.667. The molecular weight excluding hydrogens is 420 g/mol. The van der Waals surface area contributed by atoms with Gasteiger partial charge in [0.05, 0.1) is 36.9 Å². The van der Waals surface area contributed by atoms with E-state index in [4.69, 9.17) is 9.47 Å². The van der Waals surface area contributed by atoms with Crippen molar-refractivity contribution in [1.82, 2.24) is 14.5 Å². The van der Waals surface area contributed by atoms with Crippen molar-refractivity contribution in [1.29, 1.82) is 0 Å². The molecule has 0 unspecified atom stereocenters. The molecule has 9 nitrogen and oxygen atoms in total. The van der Waals surface area contributed by atoms with E-state index < -0.39 is 10.0 Å². The average Bonchev–Trinajstić information content (AvgIpc) is 3.65. The molecule has 2 heterocycles. The van der Waals surface area contributed by atoms with Crippen LogP contribution >= 0.6 is 0 Å². The second-order valence-corrected chi connectivity index (χ2v) is 10.2. The average molecular weight is 453 g/mol. The molecule has 1 saturated carbocycles. The minimum absolute atomic E-state index is 0.145. The summed E-state index contributed by atoms with van der Waals surface area (Å²) >= 11 is 0. The standard InChI is InChI=1S/C21H32N4O5S/c1-23(17-2-3-17)7-6-22-21(26)19-16-18(31(27,28)25-10-14-30-15-11-25)4-5-20(19)24-8-12-29-13-9-24/h4-5,16-17H,2-3,6-15H2,1H3,(H,22,26). The SMILES string of the molecule is CN(CCNC(=O)c1cc(S(=O)(=O)N2CCOCC2)ccc1N1CCOCC1)C1CC1. The Hall–Kier alpha value is -1.72. The molecule has 1 aromatic carbocycles. The van der Waals surface area contributed by atoms with Gasteiger partial charge in [0, 0.05) is 51.0 Å². The van der Waals surface area contributed by atoms with Gasteiger partial charge < -0.3 is 24.6 Å². The zero-order valence-electron chi connectivity index (χ0n) is 18.1. The van der Waals surface area contributed by atoms with Crippen LogP contribution in [0.3, 0.4) is 0 Å². The highest BCUT2D eigenvalue weighted by Gasteiger charge is 2.29. The summed E-state index contributed by atoms with van der Waals surface area (Å²) in [5, 5.41) is 2.98. The summed E-state index contributed by atoms with van der Waals surface area (Å²) in [7, 11) is -1.61. The summed E-state index contributed by atoms with van der Waals surface area (Å²) < 4.78 is 38.4. The van der Waals surface area contributed by atoms with Crippen LogP contribution in [0.2, 0.25) is 0 Å². The lowest BCUT2D eigenvalue weighted by molar-refractivity contribution is 0.0730. The van der Waals surface area contributed by atoms with Crippen molar-refractivity contribution in [2.75, 3.05) is 77.6 Å². The largest absolute Gasteiger partial charge is 0.379 e. The van der Waals surface area contributed by atoms with Gasteiger partial charge in [-0.1, -0.05) is 0 Å². The lowest BCUT2D eigenvalue weighted by Crippen LogP contribution is -2.41. The van der Waals surface area contributed by atoms with Gasteiger partial charge in [-0.25, -0.2) is 8.42 Å². The van der Waals surface area contributed by atoms with Crippen molar-refractivity contribution in [2.45, 2.75) is 23.8 Å². The van der Waals surface area contributed by atoms with Gasteiger partial charge in [-0.2, -0.15) is 4.31 Å². The number of morpholine rings is 2. The maximum absolute atomic E-state index is 13.1. The monoisotopic (exact) mass is 452 g/mol. The number of amides is 1. The summed E-state index contributed by atoms with van der Waals surface area (Å²) in [4.78, 5) is 17.6. The van der Waals surface area contributed by atoms with Gasteiger partial charge >= 0.3 is 0 Å². The Balaban J connectivity index is 1.55. The number of hydrogen-bond acceptors (Lipinski definition) is 7. The van der Waals surface area contributed by atoms with E-state index in [2.05, 4.69) is 22.2 Å². The van der Waals surface area contributed by atoms with Crippen molar-refractivity contribution in [3.8, 4) is 0 Å². The highest BCUT2D eigenvalue weighted by atomic mass is 32.2. The number of carbonyl (C=O) groups is 1. The van der Waals surface area contributed by atoms with Crippen LogP contribution in [0.15, 0.2) is 23.1 Å². The summed E-state index contributed by atoms with van der Waals surface area (Å²) in [6.07, 6.45) is 2.43. The molecule has 4 rings (SSSR count). The van der Waals surface area contributed by atoms with E-state index in [1.54, 1.807) is 12.1 Å². The van der Waals surface area contributed by atoms with E-state index in [-0.39, 0.29) is 10.8 Å². The number of sulfonamides is 1. The predicted octanol–water partition coefficient (Wildman–Crippen LogP) is 0.368. The molecule has 0 aromatic heterocycles. The van der Waals surface area contributed by atoms with E-state index in [9.17, 15) is 13.2 Å². The minimum atomic E-state index is -3.68. The van der Waals surface area contributed by atoms with E-state index >= 15 is 0 Å². The summed E-state index contributed by atoms with van der Waals surface area (Å²) in [6, 6.07) is 5.51. The first kappa shape index (κ1) is 22.5. The zero-order valence-corrected chi connectivity index (χ0v) is 18.9. The van der Waals surface area contributed by atoms with Gasteiger partial charge in [0.1, 0.15) is 0 Å². The lowest BCUT2D eigenvalue weighted by atomic mass is 10.1. The lowest BCUT2D eigenvalue weighted by Gasteiger charge is -2.31. The molecule has 3 fully saturated rings. The zero-order chi connectivity index (χ0) is 21.8. The van der Waals surface area contributed by atoms with Crippen LogP contribution in [0.5, 0.6) is 0 Å². The molecule has 172 valence electrons. The van der Waals surface area contributed by atoms with Gasteiger partial charge in [-0.15, -0.1) is 0 Å². The molecule has 1 N–H and O–H groups in total. The van der Waals surface area contributed by atoms with Gasteiger partial charge in [-0.05, 0) is 38.1 Å². The molecule has 1 aromatic rings. The van der Waals surface area contributed by atoms with E-state index in [1.807, 2.05) is 0 Å². The molecule has 10 heteroatoms. The van der Waals surface area contributed by atoms with Crippen LogP contribution in [0, 0.1) is 0 Å². The first-order valence-electron chi connectivity index (χ1n) is 11.0. The Bertz CT molecular complexity index is 878. The number of ether oxygens (including phenoxy) is 2. The number of nitrogens with one attached hydrogen (secondary N) is 1. The second-order valence-electron chi connectivity index (χ2n) is 8.26. The molecule has 2 saturated heterocycles. The second kappa shape index (κ2) is 9.83. The molecule has 1 aliphatic carbocycles. The summed E-state index contributed by atoms with van der Waals surface area (Å²) in [5.41, 5.74) is 1.14. The molecular formula is C21H32N4O5S. The first-order valence-corrected chi connectivity index (χ1v) is 12.4. The third-order valence-electron chi connectivity index (χ3n) is 6.09. The minimum Gasteiger partial charge on any atom is -0.379 e. The highest BCUT2D eigenvalue weighted by molar-refractivity contribution is 7.89. The van der Waals surface area contributed by atoms with Gasteiger partial charge in [-0.3, -0.25) is 4.79 Å². The van der Waals surface area contributed by atoms with Gasteiger partial charge in [0.25, 0.3) is 5.91 Å². The topological polar surface area (TPSA) is 91.4 Å². The number of rotatable bonds is 8. The smallest absolute Gasteiger partial charge is 0.253 e. The number of carbonyl (C=O) groups excluding carboxylic acids is 1. The maximum atomic E-state index is 13.1. The van der Waals surface area contributed by atoms with Crippen molar-refractivity contribution in [2.24, 2.45) is 0 Å². The molecule has 0 atom stereocenters. The molecule has 31 heavy (non-hydrogen) atoms. The van der Waals surface area contributed by atoms with Crippen molar-refractivity contribution in [3.05, 3.63) is 23.8 Å². The van der Waals surface area contributed by atoms with Gasteiger partial charge in [0.15, 0.2) is 0 Å².